The smallest absolute Gasteiger partial charge is 0.162 e. The molecule has 0 saturated heterocycles. The molecule has 0 heterocycles. The van der Waals surface area contributed by atoms with Crippen molar-refractivity contribution in [2.45, 2.75) is 13.3 Å². The Morgan fingerprint density at radius 3 is 2.15 bits per heavy atom. The first-order valence-electron chi connectivity index (χ1n) is 6.90. The van der Waals surface area contributed by atoms with Crippen molar-refractivity contribution in [3.05, 3.63) is 72.3 Å². The Bertz CT molecular complexity index is 754. The zero-order chi connectivity index (χ0) is 13.9. The Labute approximate surface area is 118 Å². The predicted octanol–water partition coefficient (Wildman–Crippen LogP) is 5.10. The van der Waals surface area contributed by atoms with Crippen molar-refractivity contribution in [2.75, 3.05) is 0 Å². The lowest BCUT2D eigenvalue weighted by Crippen LogP contribution is -1.95. The van der Waals surface area contributed by atoms with Crippen LogP contribution in [0.25, 0.3) is 21.9 Å². The summed E-state index contributed by atoms with van der Waals surface area (Å²) in [6.07, 6.45) is 0.551. The third kappa shape index (κ3) is 2.35. The van der Waals surface area contributed by atoms with Gasteiger partial charge in [-0.2, -0.15) is 0 Å². The molecule has 0 spiro atoms. The van der Waals surface area contributed by atoms with Crippen LogP contribution in [0.1, 0.15) is 23.7 Å². The highest BCUT2D eigenvalue weighted by atomic mass is 16.1. The van der Waals surface area contributed by atoms with Crippen LogP contribution in [0.3, 0.4) is 0 Å². The highest BCUT2D eigenvalue weighted by molar-refractivity contribution is 5.96. The molecule has 0 saturated carbocycles. The van der Waals surface area contributed by atoms with E-state index in [1.54, 1.807) is 0 Å². The van der Waals surface area contributed by atoms with Crippen molar-refractivity contribution in [1.29, 1.82) is 0 Å². The number of benzene rings is 3. The second-order valence-corrected chi connectivity index (χ2v) is 4.92. The molecule has 3 rings (SSSR count). The second-order valence-electron chi connectivity index (χ2n) is 4.92. The van der Waals surface area contributed by atoms with E-state index in [1.807, 2.05) is 37.3 Å². The minimum absolute atomic E-state index is 0.190. The first-order valence-corrected chi connectivity index (χ1v) is 6.90. The molecule has 0 amide bonds. The molecule has 0 unspecified atom stereocenters. The lowest BCUT2D eigenvalue weighted by Gasteiger charge is -2.05. The summed E-state index contributed by atoms with van der Waals surface area (Å²) < 4.78 is 0. The molecule has 98 valence electrons. The van der Waals surface area contributed by atoms with E-state index in [2.05, 4.69) is 36.4 Å². The van der Waals surface area contributed by atoms with E-state index < -0.39 is 0 Å². The zero-order valence-corrected chi connectivity index (χ0v) is 11.5. The first-order chi connectivity index (χ1) is 9.78. The third-order valence-corrected chi connectivity index (χ3v) is 3.61. The molecule has 3 aromatic rings. The summed E-state index contributed by atoms with van der Waals surface area (Å²) in [6.45, 7) is 1.89. The van der Waals surface area contributed by atoms with E-state index in [0.29, 0.717) is 6.42 Å². The van der Waals surface area contributed by atoms with Crippen molar-refractivity contribution >= 4 is 16.6 Å². The molecular formula is C19H16O. The van der Waals surface area contributed by atoms with E-state index in [4.69, 9.17) is 0 Å². The predicted molar refractivity (Wildman–Crippen MR) is 84.0 cm³/mol. The van der Waals surface area contributed by atoms with Crippen molar-refractivity contribution in [3.63, 3.8) is 0 Å². The third-order valence-electron chi connectivity index (χ3n) is 3.61. The van der Waals surface area contributed by atoms with Crippen LogP contribution in [0.15, 0.2) is 66.7 Å². The maximum atomic E-state index is 11.6. The van der Waals surface area contributed by atoms with Crippen molar-refractivity contribution < 1.29 is 4.79 Å². The van der Waals surface area contributed by atoms with Crippen LogP contribution in [-0.4, -0.2) is 5.78 Å². The van der Waals surface area contributed by atoms with Gasteiger partial charge in [-0.1, -0.05) is 67.6 Å². The summed E-state index contributed by atoms with van der Waals surface area (Å²) in [4.78, 5) is 11.6. The van der Waals surface area contributed by atoms with Crippen molar-refractivity contribution in [3.8, 4) is 11.1 Å². The molecule has 1 nitrogen and oxygen atoms in total. The van der Waals surface area contributed by atoms with Gasteiger partial charge in [-0.3, -0.25) is 4.79 Å². The van der Waals surface area contributed by atoms with Gasteiger partial charge in [0, 0.05) is 12.0 Å². The first kappa shape index (κ1) is 12.6. The highest BCUT2D eigenvalue weighted by Gasteiger charge is 2.04. The van der Waals surface area contributed by atoms with Gasteiger partial charge < -0.3 is 0 Å². The van der Waals surface area contributed by atoms with Crippen LogP contribution in [0.5, 0.6) is 0 Å². The van der Waals surface area contributed by atoms with Crippen LogP contribution in [-0.2, 0) is 0 Å². The Morgan fingerprint density at radius 1 is 0.800 bits per heavy atom. The molecular weight excluding hydrogens is 244 g/mol. The molecule has 0 fully saturated rings. The summed E-state index contributed by atoms with van der Waals surface area (Å²) in [5, 5.41) is 2.48. The quantitative estimate of drug-likeness (QED) is 0.599. The second kappa shape index (κ2) is 5.30. The minimum atomic E-state index is 0.190. The number of carbonyl (C=O) groups is 1. The Kier molecular flexibility index (Phi) is 3.34. The lowest BCUT2D eigenvalue weighted by molar-refractivity contribution is 0.0988. The molecule has 20 heavy (non-hydrogen) atoms. The van der Waals surface area contributed by atoms with Crippen LogP contribution >= 0.6 is 0 Å². The van der Waals surface area contributed by atoms with Gasteiger partial charge in [-0.05, 0) is 28.0 Å². The fourth-order valence-corrected chi connectivity index (χ4v) is 2.42. The molecule has 0 aromatic heterocycles. The largest absolute Gasteiger partial charge is 0.294 e. The van der Waals surface area contributed by atoms with Gasteiger partial charge in [-0.15, -0.1) is 0 Å². The van der Waals surface area contributed by atoms with E-state index in [9.17, 15) is 4.79 Å². The van der Waals surface area contributed by atoms with Gasteiger partial charge in [0.15, 0.2) is 5.78 Å². The van der Waals surface area contributed by atoms with Gasteiger partial charge in [0.05, 0.1) is 0 Å². The van der Waals surface area contributed by atoms with Crippen LogP contribution in [0.2, 0.25) is 0 Å². The van der Waals surface area contributed by atoms with E-state index in [1.165, 1.54) is 16.3 Å². The van der Waals surface area contributed by atoms with Crippen LogP contribution in [0.4, 0.5) is 0 Å². The van der Waals surface area contributed by atoms with Crippen LogP contribution < -0.4 is 0 Å². The van der Waals surface area contributed by atoms with Gasteiger partial charge in [-0.25, -0.2) is 0 Å². The average Bonchev–Trinajstić information content (AvgIpc) is 2.54. The van der Waals surface area contributed by atoms with Gasteiger partial charge in [0.25, 0.3) is 0 Å². The van der Waals surface area contributed by atoms with Crippen molar-refractivity contribution in [2.24, 2.45) is 0 Å². The van der Waals surface area contributed by atoms with Gasteiger partial charge >= 0.3 is 0 Å². The standard InChI is InChI=1S/C19H16O/c1-2-19(20)16-10-7-15(8-11-16)18-12-9-14-5-3-4-6-17(14)13-18/h3-13H,2H2,1H3. The van der Waals surface area contributed by atoms with E-state index in [0.717, 1.165) is 11.1 Å². The van der Waals surface area contributed by atoms with Crippen LogP contribution in [0, 0.1) is 0 Å². The summed E-state index contributed by atoms with van der Waals surface area (Å²) in [6, 6.07) is 22.6. The molecule has 0 aliphatic heterocycles. The number of ketones is 1. The molecule has 1 heteroatoms. The van der Waals surface area contributed by atoms with Crippen molar-refractivity contribution in [1.82, 2.24) is 0 Å². The number of fused-ring (bicyclic) bond motifs is 1. The summed E-state index contributed by atoms with van der Waals surface area (Å²) in [7, 11) is 0. The normalized spacial score (nSPS) is 10.7. The number of hydrogen-bond donors (Lipinski definition) is 0. The summed E-state index contributed by atoms with van der Waals surface area (Å²) in [5.74, 6) is 0.190. The molecule has 0 radical (unpaired) electrons. The maximum absolute atomic E-state index is 11.6. The lowest BCUT2D eigenvalue weighted by atomic mass is 9.99. The monoisotopic (exact) mass is 260 g/mol. The number of carbonyl (C=O) groups excluding carboxylic acids is 1. The molecule has 0 aliphatic rings. The topological polar surface area (TPSA) is 17.1 Å². The summed E-state index contributed by atoms with van der Waals surface area (Å²) >= 11 is 0. The molecule has 0 atom stereocenters. The van der Waals surface area contributed by atoms with E-state index >= 15 is 0 Å². The van der Waals surface area contributed by atoms with Gasteiger partial charge in [0.2, 0.25) is 0 Å². The number of rotatable bonds is 3. The molecule has 0 bridgehead atoms. The number of Topliss-reactive ketones (excluding diaryl/α,β-unsaturated/α-hetero) is 1. The van der Waals surface area contributed by atoms with E-state index in [-0.39, 0.29) is 5.78 Å². The average molecular weight is 260 g/mol. The minimum Gasteiger partial charge on any atom is -0.294 e. The van der Waals surface area contributed by atoms with Gasteiger partial charge in [0.1, 0.15) is 0 Å². The summed E-state index contributed by atoms with van der Waals surface area (Å²) in [5.41, 5.74) is 3.11. The zero-order valence-electron chi connectivity index (χ0n) is 11.5. The SMILES string of the molecule is CCC(=O)c1ccc(-c2ccc3ccccc3c2)cc1. The Balaban J connectivity index is 2.00. The molecule has 0 N–H and O–H groups in total. The number of hydrogen-bond acceptors (Lipinski definition) is 1. The Morgan fingerprint density at radius 2 is 1.45 bits per heavy atom. The fourth-order valence-electron chi connectivity index (χ4n) is 2.42. The molecule has 0 aliphatic carbocycles. The maximum Gasteiger partial charge on any atom is 0.162 e. The fraction of sp³-hybridized carbons (Fsp3) is 0.105. The highest BCUT2D eigenvalue weighted by Crippen LogP contribution is 2.24. The molecule has 3 aromatic carbocycles. The Hall–Kier alpha value is -2.41.